The van der Waals surface area contributed by atoms with Gasteiger partial charge in [-0.05, 0) is 18.2 Å². The van der Waals surface area contributed by atoms with E-state index in [0.717, 1.165) is 0 Å². The molecule has 0 aliphatic rings. The predicted octanol–water partition coefficient (Wildman–Crippen LogP) is 0.526. The van der Waals surface area contributed by atoms with Crippen molar-refractivity contribution in [3.8, 4) is 12.3 Å². The number of hydrogen-bond acceptors (Lipinski definition) is 3. The molecule has 0 radical (unpaired) electrons. The summed E-state index contributed by atoms with van der Waals surface area (Å²) in [4.78, 5) is 22.0. The third-order valence-electron chi connectivity index (χ3n) is 1.76. The van der Waals surface area contributed by atoms with Gasteiger partial charge in [0.2, 0.25) is 5.91 Å². The van der Waals surface area contributed by atoms with Gasteiger partial charge in [-0.3, -0.25) is 14.9 Å². The van der Waals surface area contributed by atoms with Gasteiger partial charge in [-0.25, -0.2) is 0 Å². The van der Waals surface area contributed by atoms with E-state index < -0.39 is 11.8 Å². The molecule has 0 aliphatic heterocycles. The molecule has 0 spiro atoms. The van der Waals surface area contributed by atoms with E-state index in [0.29, 0.717) is 16.8 Å². The number of terminal acetylenes is 1. The quantitative estimate of drug-likeness (QED) is 0.515. The Kier molecular flexibility index (Phi) is 3.09. The zero-order valence-electron chi connectivity index (χ0n) is 8.20. The average Bonchev–Trinajstić information content (AvgIpc) is 2.16. The number of hydrogen-bond donors (Lipinski definition) is 2. The first-order valence-corrected chi connectivity index (χ1v) is 4.22. The number of nitrogens with two attached hydrogens (primary N) is 1. The summed E-state index contributed by atoms with van der Waals surface area (Å²) < 4.78 is 0. The molecule has 4 nitrogen and oxygen atoms in total. The van der Waals surface area contributed by atoms with Crippen molar-refractivity contribution in [3.05, 3.63) is 29.3 Å². The molecular formula is C11H10N2O2. The van der Waals surface area contributed by atoms with E-state index in [1.165, 1.54) is 19.1 Å². The maximum atomic E-state index is 11.4. The van der Waals surface area contributed by atoms with E-state index in [4.69, 9.17) is 12.2 Å². The second-order valence-electron chi connectivity index (χ2n) is 2.96. The molecular weight excluding hydrogens is 192 g/mol. The fraction of sp³-hybridized carbons (Fsp3) is 0.0909. The third-order valence-corrected chi connectivity index (χ3v) is 1.76. The van der Waals surface area contributed by atoms with Crippen LogP contribution in [0.15, 0.2) is 18.2 Å². The summed E-state index contributed by atoms with van der Waals surface area (Å²) in [7, 11) is 0. The van der Waals surface area contributed by atoms with Gasteiger partial charge in [-0.15, -0.1) is 6.42 Å². The molecule has 1 aromatic carbocycles. The Morgan fingerprint density at radius 1 is 1.47 bits per heavy atom. The van der Waals surface area contributed by atoms with Crippen LogP contribution in [0.1, 0.15) is 22.8 Å². The van der Waals surface area contributed by atoms with Gasteiger partial charge >= 0.3 is 0 Å². The topological polar surface area (TPSA) is 72.2 Å². The second-order valence-corrected chi connectivity index (χ2v) is 2.96. The maximum absolute atomic E-state index is 11.4. The van der Waals surface area contributed by atoms with Crippen LogP contribution in [0.5, 0.6) is 0 Å². The SMILES string of the molecule is C#Cc1ccc(C(=O)NC(C)=O)cc1N. The highest BCUT2D eigenvalue weighted by molar-refractivity contribution is 6.04. The fourth-order valence-electron chi connectivity index (χ4n) is 1.07. The summed E-state index contributed by atoms with van der Waals surface area (Å²) in [5.74, 6) is 1.47. The van der Waals surface area contributed by atoms with Crippen molar-refractivity contribution >= 4 is 17.5 Å². The molecule has 15 heavy (non-hydrogen) atoms. The average molecular weight is 202 g/mol. The van der Waals surface area contributed by atoms with Gasteiger partial charge < -0.3 is 5.73 Å². The van der Waals surface area contributed by atoms with Gasteiger partial charge in [0.15, 0.2) is 0 Å². The van der Waals surface area contributed by atoms with E-state index in [1.54, 1.807) is 6.07 Å². The number of amides is 2. The minimum absolute atomic E-state index is 0.307. The number of anilines is 1. The summed E-state index contributed by atoms with van der Waals surface area (Å²) in [5, 5.41) is 2.14. The number of nitrogen functional groups attached to an aromatic ring is 1. The van der Waals surface area contributed by atoms with Crippen LogP contribution >= 0.6 is 0 Å². The lowest BCUT2D eigenvalue weighted by Crippen LogP contribution is -2.27. The van der Waals surface area contributed by atoms with Crippen molar-refractivity contribution in [3.63, 3.8) is 0 Å². The van der Waals surface area contributed by atoms with Gasteiger partial charge in [0.1, 0.15) is 0 Å². The van der Waals surface area contributed by atoms with Crippen molar-refractivity contribution in [2.24, 2.45) is 0 Å². The van der Waals surface area contributed by atoms with Crippen LogP contribution in [0.2, 0.25) is 0 Å². The Morgan fingerprint density at radius 3 is 2.60 bits per heavy atom. The molecule has 0 atom stereocenters. The zero-order valence-corrected chi connectivity index (χ0v) is 8.20. The first-order valence-electron chi connectivity index (χ1n) is 4.22. The summed E-state index contributed by atoms with van der Waals surface area (Å²) >= 11 is 0. The van der Waals surface area contributed by atoms with Gasteiger partial charge in [0, 0.05) is 23.7 Å². The first-order chi connectivity index (χ1) is 7.04. The van der Waals surface area contributed by atoms with Crippen LogP contribution in [-0.4, -0.2) is 11.8 Å². The number of carbonyl (C=O) groups is 2. The molecule has 0 fully saturated rings. The summed E-state index contributed by atoms with van der Waals surface area (Å²) in [6, 6.07) is 4.52. The van der Waals surface area contributed by atoms with E-state index in [9.17, 15) is 9.59 Å². The van der Waals surface area contributed by atoms with E-state index in [-0.39, 0.29) is 0 Å². The minimum atomic E-state index is -0.488. The highest BCUT2D eigenvalue weighted by Gasteiger charge is 2.08. The Morgan fingerprint density at radius 2 is 2.13 bits per heavy atom. The molecule has 2 amide bonds. The standard InChI is InChI=1S/C11H10N2O2/c1-3-8-4-5-9(6-10(8)12)11(15)13-7(2)14/h1,4-6H,12H2,2H3,(H,13,14,15). The molecule has 1 rings (SSSR count). The predicted molar refractivity (Wildman–Crippen MR) is 56.9 cm³/mol. The molecule has 76 valence electrons. The van der Waals surface area contributed by atoms with Crippen LogP contribution in [0.4, 0.5) is 5.69 Å². The Balaban J connectivity index is 2.98. The number of rotatable bonds is 1. The Bertz CT molecular complexity index is 458. The van der Waals surface area contributed by atoms with Crippen molar-refractivity contribution in [1.82, 2.24) is 5.32 Å². The van der Waals surface area contributed by atoms with Crippen molar-refractivity contribution in [2.45, 2.75) is 6.92 Å². The first kappa shape index (κ1) is 10.8. The zero-order chi connectivity index (χ0) is 11.4. The van der Waals surface area contributed by atoms with Gasteiger partial charge in [0.25, 0.3) is 5.91 Å². The van der Waals surface area contributed by atoms with Crippen LogP contribution in [0, 0.1) is 12.3 Å². The molecule has 4 heteroatoms. The number of imide groups is 1. The lowest BCUT2D eigenvalue weighted by atomic mass is 10.1. The third kappa shape index (κ3) is 2.58. The molecule has 0 bridgehead atoms. The molecule has 0 aromatic heterocycles. The molecule has 1 aromatic rings. The van der Waals surface area contributed by atoms with E-state index >= 15 is 0 Å². The lowest BCUT2D eigenvalue weighted by Gasteiger charge is -2.03. The monoisotopic (exact) mass is 202 g/mol. The highest BCUT2D eigenvalue weighted by Crippen LogP contribution is 2.12. The van der Waals surface area contributed by atoms with Crippen LogP contribution in [-0.2, 0) is 4.79 Å². The molecule has 0 aliphatic carbocycles. The number of benzene rings is 1. The van der Waals surface area contributed by atoms with E-state index in [1.807, 2.05) is 0 Å². The summed E-state index contributed by atoms with van der Waals surface area (Å²) in [5.41, 5.74) is 6.76. The Hall–Kier alpha value is -2.28. The molecule has 0 heterocycles. The number of carbonyl (C=O) groups excluding carboxylic acids is 2. The van der Waals surface area contributed by atoms with Crippen molar-refractivity contribution in [1.29, 1.82) is 0 Å². The van der Waals surface area contributed by atoms with Gasteiger partial charge in [-0.2, -0.15) is 0 Å². The van der Waals surface area contributed by atoms with Crippen molar-refractivity contribution in [2.75, 3.05) is 5.73 Å². The fourth-order valence-corrected chi connectivity index (χ4v) is 1.07. The van der Waals surface area contributed by atoms with E-state index in [2.05, 4.69) is 11.2 Å². The molecule has 0 saturated heterocycles. The maximum Gasteiger partial charge on any atom is 0.257 e. The Labute approximate surface area is 87.5 Å². The summed E-state index contributed by atoms with van der Waals surface area (Å²) in [6.45, 7) is 1.26. The van der Waals surface area contributed by atoms with Crippen LogP contribution < -0.4 is 11.1 Å². The molecule has 0 unspecified atom stereocenters. The van der Waals surface area contributed by atoms with Crippen molar-refractivity contribution < 1.29 is 9.59 Å². The smallest absolute Gasteiger partial charge is 0.257 e. The molecule has 3 N–H and O–H groups in total. The van der Waals surface area contributed by atoms with Crippen LogP contribution in [0.3, 0.4) is 0 Å². The van der Waals surface area contributed by atoms with Crippen LogP contribution in [0.25, 0.3) is 0 Å². The lowest BCUT2D eigenvalue weighted by molar-refractivity contribution is -0.118. The highest BCUT2D eigenvalue weighted by atomic mass is 16.2. The largest absolute Gasteiger partial charge is 0.398 e. The normalized spacial score (nSPS) is 9.07. The second kappa shape index (κ2) is 4.29. The van der Waals surface area contributed by atoms with Gasteiger partial charge in [0.05, 0.1) is 0 Å². The summed E-state index contributed by atoms with van der Waals surface area (Å²) in [6.07, 6.45) is 5.17. The minimum Gasteiger partial charge on any atom is -0.398 e. The molecule has 0 saturated carbocycles. The number of nitrogens with one attached hydrogen (secondary N) is 1. The van der Waals surface area contributed by atoms with Gasteiger partial charge in [-0.1, -0.05) is 5.92 Å².